The summed E-state index contributed by atoms with van der Waals surface area (Å²) in [4.78, 5) is 50.7. The molecule has 0 fully saturated rings. The summed E-state index contributed by atoms with van der Waals surface area (Å²) >= 11 is 0. The van der Waals surface area contributed by atoms with Gasteiger partial charge in [-0.3, -0.25) is 19.3 Å². The van der Waals surface area contributed by atoms with Gasteiger partial charge in [-0.25, -0.2) is 18.3 Å². The number of aryl methyl sites for hydroxylation is 1. The molecule has 35 heavy (non-hydrogen) atoms. The lowest BCUT2D eigenvalue weighted by Gasteiger charge is -2.31. The molecule has 0 spiro atoms. The van der Waals surface area contributed by atoms with Gasteiger partial charge in [-0.05, 0) is 35.9 Å². The summed E-state index contributed by atoms with van der Waals surface area (Å²) in [7, 11) is 1.38. The van der Waals surface area contributed by atoms with E-state index in [2.05, 4.69) is 5.10 Å². The highest BCUT2D eigenvalue weighted by atomic mass is 19.1. The third-order valence-electron chi connectivity index (χ3n) is 5.72. The highest BCUT2D eigenvalue weighted by molar-refractivity contribution is 6.06. The van der Waals surface area contributed by atoms with E-state index in [9.17, 15) is 33.1 Å². The average Bonchev–Trinajstić information content (AvgIpc) is 2.81. The van der Waals surface area contributed by atoms with Crippen molar-refractivity contribution in [1.29, 1.82) is 0 Å². The third kappa shape index (κ3) is 4.31. The first-order valence-corrected chi connectivity index (χ1v) is 10.3. The summed E-state index contributed by atoms with van der Waals surface area (Å²) in [6, 6.07) is 8.28. The summed E-state index contributed by atoms with van der Waals surface area (Å²) in [5, 5.41) is 13.7. The number of nitrogens with two attached hydrogens (primary N) is 1. The molecule has 0 saturated carbocycles. The normalized spacial score (nSPS) is 15.6. The number of aromatic nitrogens is 2. The molecule has 0 unspecified atom stereocenters. The van der Waals surface area contributed by atoms with Gasteiger partial charge in [0, 0.05) is 37.3 Å². The van der Waals surface area contributed by atoms with Crippen molar-refractivity contribution < 1.29 is 28.3 Å². The zero-order chi connectivity index (χ0) is 25.4. The third-order valence-corrected chi connectivity index (χ3v) is 5.72. The minimum atomic E-state index is -1.34. The maximum absolute atomic E-state index is 14.8. The summed E-state index contributed by atoms with van der Waals surface area (Å²) < 4.78 is 29.2. The first-order chi connectivity index (χ1) is 16.6. The Labute approximate surface area is 196 Å². The summed E-state index contributed by atoms with van der Waals surface area (Å²) in [6.45, 7) is 0. The second-order valence-corrected chi connectivity index (χ2v) is 7.85. The first-order valence-electron chi connectivity index (χ1n) is 10.3. The quantitative estimate of drug-likeness (QED) is 0.575. The number of anilines is 1. The Balaban J connectivity index is 1.94. The molecule has 2 heterocycles. The highest BCUT2D eigenvalue weighted by Gasteiger charge is 2.35. The van der Waals surface area contributed by atoms with Crippen LogP contribution in [0.25, 0.3) is 11.1 Å². The molecule has 1 atom stereocenters. The Hall–Kier alpha value is -4.67. The minimum Gasteiger partial charge on any atom is -0.478 e. The molecule has 178 valence electrons. The van der Waals surface area contributed by atoms with Gasteiger partial charge in [0.2, 0.25) is 5.91 Å². The number of carboxylic acids is 1. The lowest BCUT2D eigenvalue weighted by molar-refractivity contribution is -0.133. The number of hydrogen-bond donors (Lipinski definition) is 2. The number of carboxylic acid groups (broad SMARTS) is 1. The molecule has 0 bridgehead atoms. The number of halogens is 2. The van der Waals surface area contributed by atoms with Crippen molar-refractivity contribution in [2.75, 3.05) is 4.90 Å². The predicted molar refractivity (Wildman–Crippen MR) is 120 cm³/mol. The number of hydrogen-bond acceptors (Lipinski definition) is 5. The lowest BCUT2D eigenvalue weighted by atomic mass is 9.85. The first kappa shape index (κ1) is 23.5. The second kappa shape index (κ2) is 8.93. The molecule has 2 amide bonds. The highest BCUT2D eigenvalue weighted by Crippen LogP contribution is 2.39. The van der Waals surface area contributed by atoms with E-state index < -0.39 is 46.5 Å². The number of rotatable bonds is 5. The van der Waals surface area contributed by atoms with Crippen LogP contribution < -0.4 is 16.2 Å². The SMILES string of the molecule is Cn1nccc(-c2cc(C(N)=O)c(F)cc2N2C=C(C(=O)O)[C@H](c3ccc(F)cc3)CC2=O)c1=O. The van der Waals surface area contributed by atoms with Crippen LogP contribution in [0.3, 0.4) is 0 Å². The Morgan fingerprint density at radius 3 is 2.40 bits per heavy atom. The lowest BCUT2D eigenvalue weighted by Crippen LogP contribution is -2.35. The molecule has 1 aliphatic heterocycles. The molecule has 3 N–H and O–H groups in total. The Morgan fingerprint density at radius 2 is 1.77 bits per heavy atom. The van der Waals surface area contributed by atoms with Crippen molar-refractivity contribution in [3.63, 3.8) is 0 Å². The standard InChI is InChI=1S/C24H18F2N4O5/c1-29-23(33)14(6-7-28-29)16-8-17(22(27)32)19(26)10-20(16)30-11-18(24(34)35)15(9-21(30)31)12-2-4-13(25)5-3-12/h2-8,10-11,15H,9H2,1H3,(H2,27,32)(H,34,35)/t15-/m0/s1. The molecule has 0 aliphatic carbocycles. The number of aliphatic carboxylic acids is 1. The van der Waals surface area contributed by atoms with Gasteiger partial charge in [-0.2, -0.15) is 5.10 Å². The fourth-order valence-electron chi connectivity index (χ4n) is 3.96. The Kier molecular flexibility index (Phi) is 6.00. The van der Waals surface area contributed by atoms with Gasteiger partial charge in [0.05, 0.1) is 22.4 Å². The summed E-state index contributed by atoms with van der Waals surface area (Å²) in [6.07, 6.45) is 2.02. The van der Waals surface area contributed by atoms with Gasteiger partial charge >= 0.3 is 5.97 Å². The van der Waals surface area contributed by atoms with Crippen LogP contribution in [0.4, 0.5) is 14.5 Å². The van der Waals surface area contributed by atoms with Crippen molar-refractivity contribution in [1.82, 2.24) is 9.78 Å². The van der Waals surface area contributed by atoms with Gasteiger partial charge in [-0.15, -0.1) is 0 Å². The van der Waals surface area contributed by atoms with Crippen LogP contribution in [0.2, 0.25) is 0 Å². The summed E-state index contributed by atoms with van der Waals surface area (Å²) in [5.74, 6) is -5.50. The largest absolute Gasteiger partial charge is 0.478 e. The number of carbonyl (C=O) groups excluding carboxylic acids is 2. The molecule has 1 aliphatic rings. The fraction of sp³-hybridized carbons (Fsp3) is 0.125. The molecule has 0 radical (unpaired) electrons. The smallest absolute Gasteiger partial charge is 0.333 e. The number of carbonyl (C=O) groups is 3. The van der Waals surface area contributed by atoms with Crippen LogP contribution in [0.5, 0.6) is 0 Å². The maximum atomic E-state index is 14.8. The number of benzene rings is 2. The van der Waals surface area contributed by atoms with Crippen LogP contribution in [-0.2, 0) is 16.6 Å². The molecule has 9 nitrogen and oxygen atoms in total. The van der Waals surface area contributed by atoms with Crippen molar-refractivity contribution in [2.24, 2.45) is 12.8 Å². The minimum absolute atomic E-state index is 0.0151. The van der Waals surface area contributed by atoms with E-state index in [1.54, 1.807) is 0 Å². The molecule has 1 aromatic heterocycles. The second-order valence-electron chi connectivity index (χ2n) is 7.85. The molecule has 4 rings (SSSR count). The van der Waals surface area contributed by atoms with E-state index in [1.807, 2.05) is 0 Å². The van der Waals surface area contributed by atoms with Crippen LogP contribution in [0.1, 0.15) is 28.3 Å². The van der Waals surface area contributed by atoms with Gasteiger partial charge in [0.15, 0.2) is 0 Å². The maximum Gasteiger partial charge on any atom is 0.333 e. The monoisotopic (exact) mass is 480 g/mol. The van der Waals surface area contributed by atoms with Gasteiger partial charge < -0.3 is 10.8 Å². The Bertz CT molecular complexity index is 1460. The van der Waals surface area contributed by atoms with E-state index in [0.29, 0.717) is 5.56 Å². The molecular weight excluding hydrogens is 462 g/mol. The molecule has 2 aromatic carbocycles. The van der Waals surface area contributed by atoms with Crippen molar-refractivity contribution in [3.8, 4) is 11.1 Å². The summed E-state index contributed by atoms with van der Waals surface area (Å²) in [5.41, 5.74) is 4.17. The number of primary amides is 1. The molecule has 0 saturated heterocycles. The number of nitrogens with zero attached hydrogens (tertiary/aromatic N) is 3. The topological polar surface area (TPSA) is 136 Å². The predicted octanol–water partition coefficient (Wildman–Crippen LogP) is 2.31. The fourth-order valence-corrected chi connectivity index (χ4v) is 3.96. The zero-order valence-electron chi connectivity index (χ0n) is 18.2. The molecular formula is C24H18F2N4O5. The van der Waals surface area contributed by atoms with E-state index in [-0.39, 0.29) is 28.8 Å². The number of amides is 2. The van der Waals surface area contributed by atoms with Gasteiger partial charge in [0.25, 0.3) is 11.5 Å². The van der Waals surface area contributed by atoms with Gasteiger partial charge in [-0.1, -0.05) is 12.1 Å². The van der Waals surface area contributed by atoms with Crippen LogP contribution in [-0.4, -0.2) is 32.7 Å². The Morgan fingerprint density at radius 1 is 1.09 bits per heavy atom. The van der Waals surface area contributed by atoms with Crippen molar-refractivity contribution in [3.05, 3.63) is 93.5 Å². The molecule has 3 aromatic rings. The van der Waals surface area contributed by atoms with Gasteiger partial charge in [0.1, 0.15) is 11.6 Å². The molecule has 11 heteroatoms. The van der Waals surface area contributed by atoms with Crippen LogP contribution in [0.15, 0.2) is 65.2 Å². The van der Waals surface area contributed by atoms with Crippen molar-refractivity contribution in [2.45, 2.75) is 12.3 Å². The van der Waals surface area contributed by atoms with E-state index in [4.69, 9.17) is 5.73 Å². The van der Waals surface area contributed by atoms with Crippen LogP contribution >= 0.6 is 0 Å². The average molecular weight is 480 g/mol. The van der Waals surface area contributed by atoms with E-state index >= 15 is 0 Å². The van der Waals surface area contributed by atoms with Crippen LogP contribution in [0, 0.1) is 11.6 Å². The van der Waals surface area contributed by atoms with E-state index in [1.165, 1.54) is 31.4 Å². The van der Waals surface area contributed by atoms with E-state index in [0.717, 1.165) is 40.0 Å². The zero-order valence-corrected chi connectivity index (χ0v) is 18.2. The van der Waals surface area contributed by atoms with Crippen molar-refractivity contribution >= 4 is 23.5 Å².